The van der Waals surface area contributed by atoms with Gasteiger partial charge in [0, 0.05) is 0 Å². The summed E-state index contributed by atoms with van der Waals surface area (Å²) < 4.78 is 0. The predicted molar refractivity (Wildman–Crippen MR) is 56.6 cm³/mol. The van der Waals surface area contributed by atoms with E-state index in [1.165, 1.54) is 5.56 Å². The summed E-state index contributed by atoms with van der Waals surface area (Å²) in [7, 11) is 0. The molecular weight excluding hydrogens is 176 g/mol. The average Bonchev–Trinajstić information content (AvgIpc) is 2.01. The van der Waals surface area contributed by atoms with Crippen molar-refractivity contribution in [2.24, 2.45) is 0 Å². The zero-order valence-electron chi connectivity index (χ0n) is 8.87. The summed E-state index contributed by atoms with van der Waals surface area (Å²) in [5.74, 6) is -0.326. The van der Waals surface area contributed by atoms with Gasteiger partial charge in [0.15, 0.2) is 0 Å². The molecule has 0 aromatic heterocycles. The number of benzene rings is 1. The van der Waals surface area contributed by atoms with Crippen LogP contribution in [0.2, 0.25) is 0 Å². The van der Waals surface area contributed by atoms with Gasteiger partial charge in [-0.2, -0.15) is 0 Å². The molecule has 0 saturated carbocycles. The van der Waals surface area contributed by atoms with Crippen LogP contribution in [-0.2, 0) is 11.2 Å². The molecule has 2 nitrogen and oxygen atoms in total. The van der Waals surface area contributed by atoms with Gasteiger partial charge in [0.1, 0.15) is 0 Å². The van der Waals surface area contributed by atoms with E-state index in [0.29, 0.717) is 5.92 Å². The number of aliphatic carboxylic acids is 1. The molecule has 0 bridgehead atoms. The summed E-state index contributed by atoms with van der Waals surface area (Å²) in [6, 6.07) is 6.02. The minimum atomic E-state index is -0.773. The highest BCUT2D eigenvalue weighted by Gasteiger charge is 2.05. The number of hydrogen-bond acceptors (Lipinski definition) is 1. The lowest BCUT2D eigenvalue weighted by Crippen LogP contribution is -2.01. The van der Waals surface area contributed by atoms with Gasteiger partial charge in [0.25, 0.3) is 0 Å². The molecule has 1 aromatic carbocycles. The Morgan fingerprint density at radius 3 is 2.50 bits per heavy atom. The Balaban J connectivity index is 3.01. The summed E-state index contributed by atoms with van der Waals surface area (Å²) in [6.45, 7) is 6.22. The normalized spacial score (nSPS) is 10.6. The number of carboxylic acid groups (broad SMARTS) is 1. The van der Waals surface area contributed by atoms with Gasteiger partial charge in [-0.1, -0.05) is 37.6 Å². The molecule has 0 saturated heterocycles. The van der Waals surface area contributed by atoms with Gasteiger partial charge in [0.05, 0.1) is 6.42 Å². The van der Waals surface area contributed by atoms with Gasteiger partial charge in [-0.05, 0) is 24.0 Å². The second kappa shape index (κ2) is 4.27. The lowest BCUT2D eigenvalue weighted by molar-refractivity contribution is -0.136. The molecule has 1 N–H and O–H groups in total. The molecule has 0 spiro atoms. The minimum absolute atomic E-state index is 0.112. The zero-order valence-corrected chi connectivity index (χ0v) is 8.87. The van der Waals surface area contributed by atoms with Crippen LogP contribution in [0.15, 0.2) is 18.2 Å². The summed E-state index contributed by atoms with van der Waals surface area (Å²) in [5, 5.41) is 8.69. The second-order valence-electron chi connectivity index (χ2n) is 3.98. The minimum Gasteiger partial charge on any atom is -0.481 e. The van der Waals surface area contributed by atoms with Crippen LogP contribution >= 0.6 is 0 Å². The summed E-state index contributed by atoms with van der Waals surface area (Å²) in [5.41, 5.74) is 3.23. The van der Waals surface area contributed by atoms with E-state index in [9.17, 15) is 4.79 Å². The third kappa shape index (κ3) is 2.87. The van der Waals surface area contributed by atoms with Crippen molar-refractivity contribution in [2.75, 3.05) is 0 Å². The van der Waals surface area contributed by atoms with E-state index in [0.717, 1.165) is 11.1 Å². The van der Waals surface area contributed by atoms with Gasteiger partial charge in [-0.3, -0.25) is 4.79 Å². The van der Waals surface area contributed by atoms with Crippen LogP contribution in [0.4, 0.5) is 0 Å². The molecule has 14 heavy (non-hydrogen) atoms. The molecule has 76 valence electrons. The van der Waals surface area contributed by atoms with Crippen molar-refractivity contribution in [2.45, 2.75) is 33.1 Å². The van der Waals surface area contributed by atoms with E-state index in [1.54, 1.807) is 0 Å². The van der Waals surface area contributed by atoms with E-state index >= 15 is 0 Å². The average molecular weight is 192 g/mol. The molecule has 1 aromatic rings. The Hall–Kier alpha value is -1.31. The number of rotatable bonds is 3. The molecule has 0 atom stereocenters. The highest BCUT2D eigenvalue weighted by atomic mass is 16.4. The van der Waals surface area contributed by atoms with Gasteiger partial charge in [-0.25, -0.2) is 0 Å². The van der Waals surface area contributed by atoms with Crippen LogP contribution in [0.25, 0.3) is 0 Å². The maximum Gasteiger partial charge on any atom is 0.307 e. The molecule has 0 unspecified atom stereocenters. The molecular formula is C12H16O2. The quantitative estimate of drug-likeness (QED) is 0.799. The third-order valence-electron chi connectivity index (χ3n) is 2.18. The fourth-order valence-corrected chi connectivity index (χ4v) is 1.50. The van der Waals surface area contributed by atoms with Crippen molar-refractivity contribution >= 4 is 5.97 Å². The van der Waals surface area contributed by atoms with E-state index in [2.05, 4.69) is 19.9 Å². The molecule has 0 fully saturated rings. The second-order valence-corrected chi connectivity index (χ2v) is 3.98. The van der Waals surface area contributed by atoms with Gasteiger partial charge >= 0.3 is 5.97 Å². The predicted octanol–water partition coefficient (Wildman–Crippen LogP) is 2.75. The molecule has 2 heteroatoms. The van der Waals surface area contributed by atoms with Crippen molar-refractivity contribution in [1.29, 1.82) is 0 Å². The Morgan fingerprint density at radius 1 is 1.36 bits per heavy atom. The SMILES string of the molecule is Cc1cc(CC(=O)O)cc(C(C)C)c1. The first-order valence-corrected chi connectivity index (χ1v) is 4.81. The van der Waals surface area contributed by atoms with Crippen molar-refractivity contribution in [3.05, 3.63) is 34.9 Å². The summed E-state index contributed by atoms with van der Waals surface area (Å²) >= 11 is 0. The largest absolute Gasteiger partial charge is 0.481 e. The molecule has 0 heterocycles. The number of carbonyl (C=O) groups is 1. The molecule has 0 aliphatic heterocycles. The number of hydrogen-bond donors (Lipinski definition) is 1. The summed E-state index contributed by atoms with van der Waals surface area (Å²) in [6.07, 6.45) is 0.112. The monoisotopic (exact) mass is 192 g/mol. The lowest BCUT2D eigenvalue weighted by atomic mass is 9.97. The Labute approximate surface area is 84.6 Å². The van der Waals surface area contributed by atoms with Crippen LogP contribution in [0, 0.1) is 6.92 Å². The Kier molecular flexibility index (Phi) is 3.28. The van der Waals surface area contributed by atoms with Crippen molar-refractivity contribution in [3.8, 4) is 0 Å². The third-order valence-corrected chi connectivity index (χ3v) is 2.18. The molecule has 0 aliphatic carbocycles. The van der Waals surface area contributed by atoms with E-state index < -0.39 is 5.97 Å². The van der Waals surface area contributed by atoms with Gasteiger partial charge in [0.2, 0.25) is 0 Å². The fraction of sp³-hybridized carbons (Fsp3) is 0.417. The number of aryl methyl sites for hydroxylation is 1. The Bertz CT molecular complexity index is 340. The van der Waals surface area contributed by atoms with Crippen LogP contribution in [0.1, 0.15) is 36.5 Å². The van der Waals surface area contributed by atoms with Crippen LogP contribution in [0.5, 0.6) is 0 Å². The van der Waals surface area contributed by atoms with Crippen LogP contribution < -0.4 is 0 Å². The highest BCUT2D eigenvalue weighted by Crippen LogP contribution is 2.18. The molecule has 1 rings (SSSR count). The van der Waals surface area contributed by atoms with Gasteiger partial charge in [-0.15, -0.1) is 0 Å². The maximum absolute atomic E-state index is 10.6. The van der Waals surface area contributed by atoms with Crippen molar-refractivity contribution < 1.29 is 9.90 Å². The standard InChI is InChI=1S/C12H16O2/c1-8(2)11-5-9(3)4-10(6-11)7-12(13)14/h4-6,8H,7H2,1-3H3,(H,13,14). The smallest absolute Gasteiger partial charge is 0.307 e. The molecule has 0 radical (unpaired) electrons. The zero-order chi connectivity index (χ0) is 10.7. The first kappa shape index (κ1) is 10.8. The first-order chi connectivity index (χ1) is 6.49. The Morgan fingerprint density at radius 2 is 2.00 bits per heavy atom. The fourth-order valence-electron chi connectivity index (χ4n) is 1.50. The number of carboxylic acids is 1. The van der Waals surface area contributed by atoms with Crippen molar-refractivity contribution in [3.63, 3.8) is 0 Å². The molecule has 0 aliphatic rings. The molecule has 0 amide bonds. The van der Waals surface area contributed by atoms with Gasteiger partial charge < -0.3 is 5.11 Å². The van der Waals surface area contributed by atoms with Crippen molar-refractivity contribution in [1.82, 2.24) is 0 Å². The first-order valence-electron chi connectivity index (χ1n) is 4.81. The van der Waals surface area contributed by atoms with Crippen LogP contribution in [-0.4, -0.2) is 11.1 Å². The van der Waals surface area contributed by atoms with E-state index in [1.807, 2.05) is 19.1 Å². The lowest BCUT2D eigenvalue weighted by Gasteiger charge is -2.08. The summed E-state index contributed by atoms with van der Waals surface area (Å²) in [4.78, 5) is 10.6. The van der Waals surface area contributed by atoms with E-state index in [4.69, 9.17) is 5.11 Å². The topological polar surface area (TPSA) is 37.3 Å². The maximum atomic E-state index is 10.6. The highest BCUT2D eigenvalue weighted by molar-refractivity contribution is 5.70. The van der Waals surface area contributed by atoms with E-state index in [-0.39, 0.29) is 6.42 Å². The van der Waals surface area contributed by atoms with Crippen LogP contribution in [0.3, 0.4) is 0 Å².